The van der Waals surface area contributed by atoms with Gasteiger partial charge < -0.3 is 15.0 Å². The first-order valence-corrected chi connectivity index (χ1v) is 11.8. The lowest BCUT2D eigenvalue weighted by Crippen LogP contribution is -2.44. The number of carbonyl (C=O) groups excluding carboxylic acids is 2. The fourth-order valence-electron chi connectivity index (χ4n) is 5.57. The number of benzene rings is 1. The minimum absolute atomic E-state index is 0.0775. The van der Waals surface area contributed by atoms with Crippen molar-refractivity contribution >= 4 is 17.6 Å². The Bertz CT molecular complexity index is 1040. The highest BCUT2D eigenvalue weighted by Gasteiger charge is 2.56. The Morgan fingerprint density at radius 1 is 1.22 bits per heavy atom. The first-order valence-electron chi connectivity index (χ1n) is 11.8. The van der Waals surface area contributed by atoms with E-state index in [0.29, 0.717) is 36.1 Å². The van der Waals surface area contributed by atoms with E-state index in [1.165, 1.54) is 11.3 Å². The second-order valence-corrected chi connectivity index (χ2v) is 9.45. The number of nitrogens with one attached hydrogen (secondary N) is 1. The average molecular weight is 437 g/mol. The SMILES string of the molecule is CCOC(=O)c1nn(CC(=O)N2CCC(Nc3ccccc3C)CC2)c2c1[C@@H]1[C@H](C)[C@@H]1C2. The lowest BCUT2D eigenvalue weighted by Gasteiger charge is -2.33. The molecule has 1 amide bonds. The van der Waals surface area contributed by atoms with Gasteiger partial charge in [0.05, 0.1) is 6.61 Å². The zero-order valence-corrected chi connectivity index (χ0v) is 19.1. The van der Waals surface area contributed by atoms with E-state index in [1.54, 1.807) is 11.6 Å². The summed E-state index contributed by atoms with van der Waals surface area (Å²) < 4.78 is 7.02. The smallest absolute Gasteiger partial charge is 0.359 e. The standard InChI is InChI=1S/C25H32N4O3/c1-4-32-25(31)24-23-20(13-18-16(3)22(18)23)29(27-24)14-21(30)28-11-9-17(10-12-28)26-19-8-6-5-7-15(19)2/h5-8,16-18,22,26H,4,9-14H2,1-3H3/t16-,18+,22-/m1/s1. The molecule has 2 heterocycles. The van der Waals surface area contributed by atoms with Crippen molar-refractivity contribution in [3.05, 3.63) is 46.8 Å². The number of fused-ring (bicyclic) bond motifs is 3. The van der Waals surface area contributed by atoms with Gasteiger partial charge in [-0.3, -0.25) is 9.48 Å². The van der Waals surface area contributed by atoms with Gasteiger partial charge in [-0.1, -0.05) is 25.1 Å². The fourth-order valence-corrected chi connectivity index (χ4v) is 5.57. The van der Waals surface area contributed by atoms with Gasteiger partial charge in [-0.25, -0.2) is 4.79 Å². The maximum absolute atomic E-state index is 13.1. The maximum atomic E-state index is 13.1. The van der Waals surface area contributed by atoms with Crippen molar-refractivity contribution in [3.8, 4) is 0 Å². The molecule has 0 unspecified atom stereocenters. The first-order chi connectivity index (χ1) is 15.5. The number of para-hydroxylation sites is 1. The Morgan fingerprint density at radius 2 is 1.97 bits per heavy atom. The summed E-state index contributed by atoms with van der Waals surface area (Å²) in [4.78, 5) is 27.5. The molecule has 1 aliphatic heterocycles. The van der Waals surface area contributed by atoms with Crippen molar-refractivity contribution < 1.29 is 14.3 Å². The summed E-state index contributed by atoms with van der Waals surface area (Å²) in [5.41, 5.74) is 4.93. The summed E-state index contributed by atoms with van der Waals surface area (Å²) in [5, 5.41) is 8.19. The van der Waals surface area contributed by atoms with Crippen LogP contribution in [0.15, 0.2) is 24.3 Å². The molecule has 1 saturated heterocycles. The zero-order valence-electron chi connectivity index (χ0n) is 19.1. The number of piperidine rings is 1. The summed E-state index contributed by atoms with van der Waals surface area (Å²) in [7, 11) is 0. The Labute approximate surface area is 189 Å². The third kappa shape index (κ3) is 3.67. The Kier molecular flexibility index (Phi) is 5.43. The van der Waals surface area contributed by atoms with Crippen molar-refractivity contribution in [2.75, 3.05) is 25.0 Å². The van der Waals surface area contributed by atoms with E-state index in [-0.39, 0.29) is 18.4 Å². The molecule has 170 valence electrons. The number of rotatable bonds is 6. The molecule has 1 aromatic heterocycles. The van der Waals surface area contributed by atoms with E-state index in [4.69, 9.17) is 4.74 Å². The quantitative estimate of drug-likeness (QED) is 0.703. The number of ether oxygens (including phenoxy) is 1. The maximum Gasteiger partial charge on any atom is 0.359 e. The molecule has 0 bridgehead atoms. The number of hydrogen-bond acceptors (Lipinski definition) is 5. The number of likely N-dealkylation sites (tertiary alicyclic amines) is 1. The molecule has 1 saturated carbocycles. The van der Waals surface area contributed by atoms with E-state index < -0.39 is 0 Å². The molecule has 0 spiro atoms. The van der Waals surface area contributed by atoms with Gasteiger partial charge in [0.2, 0.25) is 5.91 Å². The van der Waals surface area contributed by atoms with Crippen LogP contribution in [0.1, 0.15) is 59.9 Å². The first kappa shape index (κ1) is 21.0. The number of carbonyl (C=O) groups is 2. The van der Waals surface area contributed by atoms with Crippen LogP contribution >= 0.6 is 0 Å². The van der Waals surface area contributed by atoms with Crippen LogP contribution in [0.4, 0.5) is 5.69 Å². The Hall–Kier alpha value is -2.83. The van der Waals surface area contributed by atoms with Crippen molar-refractivity contribution in [3.63, 3.8) is 0 Å². The van der Waals surface area contributed by atoms with Gasteiger partial charge in [0.25, 0.3) is 0 Å². The van der Waals surface area contributed by atoms with E-state index in [0.717, 1.165) is 43.6 Å². The molecule has 32 heavy (non-hydrogen) atoms. The summed E-state index contributed by atoms with van der Waals surface area (Å²) in [6.45, 7) is 8.14. The van der Waals surface area contributed by atoms with Crippen LogP contribution in [0.25, 0.3) is 0 Å². The number of aromatic nitrogens is 2. The van der Waals surface area contributed by atoms with Gasteiger partial charge in [-0.2, -0.15) is 5.10 Å². The molecule has 3 aliphatic rings. The van der Waals surface area contributed by atoms with Gasteiger partial charge in [-0.15, -0.1) is 0 Å². The Balaban J connectivity index is 1.23. The molecular formula is C25H32N4O3. The number of hydrogen-bond donors (Lipinski definition) is 1. The lowest BCUT2D eigenvalue weighted by atomic mass is 10.0. The molecule has 3 atom stereocenters. The van der Waals surface area contributed by atoms with Gasteiger partial charge in [0, 0.05) is 36.1 Å². The number of anilines is 1. The monoisotopic (exact) mass is 436 g/mol. The average Bonchev–Trinajstić information content (AvgIpc) is 3.11. The van der Waals surface area contributed by atoms with Gasteiger partial charge in [0.15, 0.2) is 5.69 Å². The number of amides is 1. The second kappa shape index (κ2) is 8.26. The fraction of sp³-hybridized carbons (Fsp3) is 0.560. The summed E-state index contributed by atoms with van der Waals surface area (Å²) >= 11 is 0. The van der Waals surface area contributed by atoms with Crippen molar-refractivity contribution in [1.82, 2.24) is 14.7 Å². The largest absolute Gasteiger partial charge is 0.461 e. The highest BCUT2D eigenvalue weighted by molar-refractivity contribution is 5.90. The highest BCUT2D eigenvalue weighted by atomic mass is 16.5. The predicted molar refractivity (Wildman–Crippen MR) is 122 cm³/mol. The minimum atomic E-state index is -0.363. The summed E-state index contributed by atoms with van der Waals surface area (Å²) in [5.74, 6) is 1.28. The van der Waals surface area contributed by atoms with E-state index in [1.807, 2.05) is 17.0 Å². The van der Waals surface area contributed by atoms with Gasteiger partial charge in [-0.05, 0) is 62.5 Å². The van der Waals surface area contributed by atoms with Crippen LogP contribution in [0.3, 0.4) is 0 Å². The highest BCUT2D eigenvalue weighted by Crippen LogP contribution is 2.62. The van der Waals surface area contributed by atoms with Crippen LogP contribution in [0.5, 0.6) is 0 Å². The van der Waals surface area contributed by atoms with Crippen LogP contribution in [-0.2, 0) is 22.5 Å². The normalized spacial score (nSPS) is 24.1. The number of esters is 1. The molecule has 7 nitrogen and oxygen atoms in total. The molecule has 1 N–H and O–H groups in total. The van der Waals surface area contributed by atoms with Gasteiger partial charge in [0.1, 0.15) is 6.54 Å². The van der Waals surface area contributed by atoms with Gasteiger partial charge >= 0.3 is 5.97 Å². The van der Waals surface area contributed by atoms with Crippen LogP contribution in [0.2, 0.25) is 0 Å². The molecule has 0 radical (unpaired) electrons. The van der Waals surface area contributed by atoms with E-state index in [2.05, 4.69) is 36.4 Å². The number of aryl methyl sites for hydroxylation is 1. The van der Waals surface area contributed by atoms with Crippen molar-refractivity contribution in [1.29, 1.82) is 0 Å². The third-order valence-corrected chi connectivity index (χ3v) is 7.53. The minimum Gasteiger partial charge on any atom is -0.461 e. The van der Waals surface area contributed by atoms with E-state index in [9.17, 15) is 9.59 Å². The molecule has 2 fully saturated rings. The molecule has 2 aliphatic carbocycles. The molecule has 7 heteroatoms. The number of nitrogens with zero attached hydrogens (tertiary/aromatic N) is 3. The molecular weight excluding hydrogens is 404 g/mol. The van der Waals surface area contributed by atoms with Crippen molar-refractivity contribution in [2.24, 2.45) is 11.8 Å². The van der Waals surface area contributed by atoms with Crippen LogP contribution in [-0.4, -0.2) is 52.3 Å². The van der Waals surface area contributed by atoms with Crippen molar-refractivity contribution in [2.45, 2.75) is 58.5 Å². The third-order valence-electron chi connectivity index (χ3n) is 7.53. The van der Waals surface area contributed by atoms with Crippen LogP contribution < -0.4 is 5.32 Å². The van der Waals surface area contributed by atoms with E-state index >= 15 is 0 Å². The molecule has 1 aromatic carbocycles. The second-order valence-electron chi connectivity index (χ2n) is 9.45. The predicted octanol–water partition coefficient (Wildman–Crippen LogP) is 3.38. The summed E-state index contributed by atoms with van der Waals surface area (Å²) in [6, 6.07) is 8.69. The molecule has 2 aromatic rings. The molecule has 5 rings (SSSR count). The topological polar surface area (TPSA) is 76.5 Å². The van der Waals surface area contributed by atoms with Crippen LogP contribution in [0, 0.1) is 18.8 Å². The Morgan fingerprint density at radius 3 is 2.69 bits per heavy atom. The zero-order chi connectivity index (χ0) is 22.4. The lowest BCUT2D eigenvalue weighted by molar-refractivity contribution is -0.133. The summed E-state index contributed by atoms with van der Waals surface area (Å²) in [6.07, 6.45) is 2.75.